The summed E-state index contributed by atoms with van der Waals surface area (Å²) in [4.78, 5) is 4.28. The molecule has 0 spiro atoms. The van der Waals surface area contributed by atoms with Crippen molar-refractivity contribution in [3.05, 3.63) is 40.4 Å². The minimum Gasteiger partial charge on any atom is -0.217 e. The Morgan fingerprint density at radius 2 is 2.12 bits per heavy atom. The fraction of sp³-hybridized carbons (Fsp3) is 0.273. The predicted molar refractivity (Wildman–Crippen MR) is 68.5 cm³/mol. The van der Waals surface area contributed by atoms with Gasteiger partial charge in [0.15, 0.2) is 0 Å². The van der Waals surface area contributed by atoms with E-state index in [9.17, 15) is 0 Å². The molecule has 2 rings (SSSR count). The van der Waals surface area contributed by atoms with Gasteiger partial charge >= 0.3 is 0 Å². The maximum atomic E-state index is 6.21. The highest BCUT2D eigenvalue weighted by Gasteiger charge is 2.12. The van der Waals surface area contributed by atoms with E-state index in [1.54, 1.807) is 4.68 Å². The monoisotopic (exact) mass is 299 g/mol. The average molecular weight is 301 g/mol. The summed E-state index contributed by atoms with van der Waals surface area (Å²) >= 11 is 9.67. The molecule has 0 saturated heterocycles. The largest absolute Gasteiger partial charge is 0.217 e. The molecule has 0 unspecified atom stereocenters. The Labute approximate surface area is 108 Å². The third-order valence-corrected chi connectivity index (χ3v) is 3.21. The molecule has 1 aromatic carbocycles. The van der Waals surface area contributed by atoms with Crippen molar-refractivity contribution in [1.29, 1.82) is 0 Å². The molecule has 2 aromatic rings. The first-order chi connectivity index (χ1) is 7.63. The van der Waals surface area contributed by atoms with Crippen molar-refractivity contribution < 1.29 is 0 Å². The van der Waals surface area contributed by atoms with Gasteiger partial charge < -0.3 is 0 Å². The maximum absolute atomic E-state index is 6.21. The van der Waals surface area contributed by atoms with Gasteiger partial charge in [-0.05, 0) is 25.5 Å². The maximum Gasteiger partial charge on any atom is 0.148 e. The number of benzene rings is 1. The van der Waals surface area contributed by atoms with E-state index in [1.165, 1.54) is 0 Å². The Hall–Kier alpha value is -0.870. The lowest BCUT2D eigenvalue weighted by molar-refractivity contribution is 0.824. The van der Waals surface area contributed by atoms with Crippen molar-refractivity contribution in [3.8, 4) is 5.69 Å². The van der Waals surface area contributed by atoms with Gasteiger partial charge in [-0.25, -0.2) is 9.67 Å². The molecule has 84 valence electrons. The van der Waals surface area contributed by atoms with Crippen LogP contribution in [0.5, 0.6) is 0 Å². The van der Waals surface area contributed by atoms with E-state index in [-0.39, 0.29) is 0 Å². The first-order valence-electron chi connectivity index (χ1n) is 4.87. The zero-order valence-corrected chi connectivity index (χ0v) is 11.4. The van der Waals surface area contributed by atoms with Gasteiger partial charge in [0.05, 0.1) is 10.7 Å². The number of aromatic nitrogens is 3. The van der Waals surface area contributed by atoms with Crippen molar-refractivity contribution in [2.45, 2.75) is 19.2 Å². The van der Waals surface area contributed by atoms with E-state index in [0.717, 1.165) is 28.2 Å². The lowest BCUT2D eigenvalue weighted by Gasteiger charge is -2.10. The first-order valence-corrected chi connectivity index (χ1v) is 6.37. The molecule has 16 heavy (non-hydrogen) atoms. The van der Waals surface area contributed by atoms with Crippen LogP contribution >= 0.6 is 27.5 Å². The van der Waals surface area contributed by atoms with Crippen LogP contribution in [0, 0.1) is 13.8 Å². The minimum absolute atomic E-state index is 0.685. The number of hydrogen-bond donors (Lipinski definition) is 0. The summed E-state index contributed by atoms with van der Waals surface area (Å²) in [6, 6.07) is 5.81. The molecule has 5 heteroatoms. The summed E-state index contributed by atoms with van der Waals surface area (Å²) < 4.78 is 1.79. The Balaban J connectivity index is 2.67. The van der Waals surface area contributed by atoms with Crippen LogP contribution in [0.4, 0.5) is 0 Å². The molecule has 0 radical (unpaired) electrons. The second kappa shape index (κ2) is 4.55. The molecule has 0 saturated carbocycles. The fourth-order valence-electron chi connectivity index (χ4n) is 1.64. The Morgan fingerprint density at radius 1 is 1.38 bits per heavy atom. The molecular weight excluding hydrogens is 289 g/mol. The normalized spacial score (nSPS) is 10.8. The van der Waals surface area contributed by atoms with Crippen LogP contribution < -0.4 is 0 Å². The second-order valence-electron chi connectivity index (χ2n) is 3.50. The summed E-state index contributed by atoms with van der Waals surface area (Å²) in [6.07, 6.45) is 0. The molecule has 0 aliphatic carbocycles. The molecule has 0 aliphatic heterocycles. The minimum atomic E-state index is 0.685. The molecule has 1 heterocycles. The SMILES string of the molecule is Cc1nc(C)n(-c2c(Cl)cccc2CBr)n1. The van der Waals surface area contributed by atoms with E-state index in [0.29, 0.717) is 5.02 Å². The van der Waals surface area contributed by atoms with Crippen LogP contribution in [0.25, 0.3) is 5.69 Å². The average Bonchev–Trinajstić information content (AvgIpc) is 2.57. The highest BCUT2D eigenvalue weighted by Crippen LogP contribution is 2.26. The molecule has 3 nitrogen and oxygen atoms in total. The Kier molecular flexibility index (Phi) is 3.30. The Morgan fingerprint density at radius 3 is 2.69 bits per heavy atom. The summed E-state index contributed by atoms with van der Waals surface area (Å²) in [6.45, 7) is 3.79. The summed E-state index contributed by atoms with van der Waals surface area (Å²) in [5.74, 6) is 1.59. The number of nitrogens with zero attached hydrogens (tertiary/aromatic N) is 3. The number of halogens is 2. The van der Waals surface area contributed by atoms with Gasteiger partial charge in [0.1, 0.15) is 11.6 Å². The van der Waals surface area contributed by atoms with Crippen molar-refractivity contribution in [3.63, 3.8) is 0 Å². The summed E-state index contributed by atoms with van der Waals surface area (Å²) in [5, 5.41) is 5.77. The highest BCUT2D eigenvalue weighted by atomic mass is 79.9. The smallest absolute Gasteiger partial charge is 0.148 e. The van der Waals surface area contributed by atoms with Gasteiger partial charge in [0.25, 0.3) is 0 Å². The molecule has 0 fully saturated rings. The van der Waals surface area contributed by atoms with Crippen LogP contribution in [0.3, 0.4) is 0 Å². The predicted octanol–water partition coefficient (Wildman–Crippen LogP) is 3.43. The van der Waals surface area contributed by atoms with Crippen LogP contribution in [-0.4, -0.2) is 14.8 Å². The van der Waals surface area contributed by atoms with Gasteiger partial charge in [-0.15, -0.1) is 0 Å². The third kappa shape index (κ3) is 1.99. The van der Waals surface area contributed by atoms with Crippen molar-refractivity contribution in [2.75, 3.05) is 0 Å². The van der Waals surface area contributed by atoms with E-state index < -0.39 is 0 Å². The lowest BCUT2D eigenvalue weighted by Crippen LogP contribution is -2.03. The second-order valence-corrected chi connectivity index (χ2v) is 4.47. The number of alkyl halides is 1. The molecule has 0 aliphatic rings. The van der Waals surface area contributed by atoms with Gasteiger partial charge in [0, 0.05) is 5.33 Å². The van der Waals surface area contributed by atoms with Crippen molar-refractivity contribution >= 4 is 27.5 Å². The fourth-order valence-corrected chi connectivity index (χ4v) is 2.36. The zero-order valence-electron chi connectivity index (χ0n) is 9.04. The lowest BCUT2D eigenvalue weighted by atomic mass is 10.2. The van der Waals surface area contributed by atoms with Gasteiger partial charge in [0.2, 0.25) is 0 Å². The molecular formula is C11H11BrClN3. The highest BCUT2D eigenvalue weighted by molar-refractivity contribution is 9.08. The van der Waals surface area contributed by atoms with E-state index in [2.05, 4.69) is 26.0 Å². The van der Waals surface area contributed by atoms with Gasteiger partial charge in [-0.1, -0.05) is 39.7 Å². The van der Waals surface area contributed by atoms with Gasteiger partial charge in [-0.2, -0.15) is 5.10 Å². The van der Waals surface area contributed by atoms with E-state index in [4.69, 9.17) is 11.6 Å². The van der Waals surface area contributed by atoms with Crippen molar-refractivity contribution in [1.82, 2.24) is 14.8 Å². The van der Waals surface area contributed by atoms with Crippen LogP contribution in [0.2, 0.25) is 5.02 Å². The number of rotatable bonds is 2. The van der Waals surface area contributed by atoms with Crippen LogP contribution in [0.15, 0.2) is 18.2 Å². The standard InChI is InChI=1S/C11H11BrClN3/c1-7-14-8(2)16(15-7)11-9(6-12)4-3-5-10(11)13/h3-5H,6H2,1-2H3. The topological polar surface area (TPSA) is 30.7 Å². The quantitative estimate of drug-likeness (QED) is 0.796. The number of para-hydroxylation sites is 1. The zero-order chi connectivity index (χ0) is 11.7. The number of aryl methyl sites for hydroxylation is 2. The van der Waals surface area contributed by atoms with E-state index in [1.807, 2.05) is 32.0 Å². The molecule has 0 N–H and O–H groups in total. The molecule has 0 amide bonds. The summed E-state index contributed by atoms with van der Waals surface area (Å²) in [7, 11) is 0. The molecule has 0 atom stereocenters. The van der Waals surface area contributed by atoms with Crippen LogP contribution in [-0.2, 0) is 5.33 Å². The summed E-state index contributed by atoms with van der Waals surface area (Å²) in [5.41, 5.74) is 2.00. The Bertz CT molecular complexity index is 522. The van der Waals surface area contributed by atoms with Crippen LogP contribution in [0.1, 0.15) is 17.2 Å². The first kappa shape index (κ1) is 11.6. The van der Waals surface area contributed by atoms with Gasteiger partial charge in [-0.3, -0.25) is 0 Å². The third-order valence-electron chi connectivity index (χ3n) is 2.30. The molecule has 0 bridgehead atoms. The van der Waals surface area contributed by atoms with E-state index >= 15 is 0 Å². The number of hydrogen-bond acceptors (Lipinski definition) is 2. The van der Waals surface area contributed by atoms with Crippen molar-refractivity contribution in [2.24, 2.45) is 0 Å². The molecule has 1 aromatic heterocycles.